The van der Waals surface area contributed by atoms with Crippen molar-refractivity contribution in [3.8, 4) is 0 Å². The highest BCUT2D eigenvalue weighted by atomic mass is 16.6. The van der Waals surface area contributed by atoms with Crippen LogP contribution in [0.5, 0.6) is 0 Å². The minimum atomic E-state index is -1.50. The van der Waals surface area contributed by atoms with E-state index in [-0.39, 0.29) is 6.61 Å². The van der Waals surface area contributed by atoms with E-state index in [1.807, 2.05) is 42.5 Å². The van der Waals surface area contributed by atoms with Gasteiger partial charge in [0.25, 0.3) is 0 Å². The molecule has 0 bridgehead atoms. The number of rotatable bonds is 4. The molecule has 1 aliphatic rings. The number of aliphatic hydroxyl groups is 4. The highest BCUT2D eigenvalue weighted by Gasteiger charge is 2.44. The molecule has 1 aliphatic heterocycles. The Labute approximate surface area is 133 Å². The van der Waals surface area contributed by atoms with Crippen LogP contribution in [0.2, 0.25) is 0 Å². The molecule has 4 N–H and O–H groups in total. The summed E-state index contributed by atoms with van der Waals surface area (Å²) in [5, 5.41) is 41.0. The van der Waals surface area contributed by atoms with Crippen LogP contribution in [0.25, 0.3) is 10.8 Å². The predicted octanol–water partition coefficient (Wildman–Crippen LogP) is 0.156. The Morgan fingerprint density at radius 2 is 1.70 bits per heavy atom. The summed E-state index contributed by atoms with van der Waals surface area (Å²) in [5.41, 5.74) is 0.879. The molecule has 23 heavy (non-hydrogen) atoms. The van der Waals surface area contributed by atoms with Crippen molar-refractivity contribution in [3.63, 3.8) is 0 Å². The Balaban J connectivity index is 1.72. The molecular formula is C17H20O6. The van der Waals surface area contributed by atoms with E-state index < -0.39 is 37.3 Å². The third kappa shape index (κ3) is 3.37. The van der Waals surface area contributed by atoms with Crippen LogP contribution < -0.4 is 0 Å². The van der Waals surface area contributed by atoms with Gasteiger partial charge in [0.2, 0.25) is 0 Å². The fourth-order valence-electron chi connectivity index (χ4n) is 2.79. The lowest BCUT2D eigenvalue weighted by Crippen LogP contribution is -2.59. The van der Waals surface area contributed by atoms with Crippen molar-refractivity contribution in [2.75, 3.05) is 6.61 Å². The summed E-state index contributed by atoms with van der Waals surface area (Å²) in [6.45, 7) is -0.310. The topological polar surface area (TPSA) is 99.4 Å². The fourth-order valence-corrected chi connectivity index (χ4v) is 2.79. The zero-order valence-corrected chi connectivity index (χ0v) is 12.4. The molecule has 1 fully saturated rings. The van der Waals surface area contributed by atoms with Gasteiger partial charge in [-0.15, -0.1) is 0 Å². The molecule has 124 valence electrons. The molecule has 0 saturated carbocycles. The van der Waals surface area contributed by atoms with Crippen LogP contribution in [0.3, 0.4) is 0 Å². The Kier molecular flexibility index (Phi) is 4.91. The molecule has 1 heterocycles. The van der Waals surface area contributed by atoms with Crippen molar-refractivity contribution >= 4 is 10.8 Å². The van der Waals surface area contributed by atoms with Crippen LogP contribution in [0.4, 0.5) is 0 Å². The molecular weight excluding hydrogens is 300 g/mol. The van der Waals surface area contributed by atoms with Gasteiger partial charge in [-0.3, -0.25) is 0 Å². The SMILES string of the molecule is OC[C@H]1OC(O)[C@H](O)[C@@H](OCc2ccc3ccccc3c2)[C@@H]1O. The van der Waals surface area contributed by atoms with Crippen molar-refractivity contribution in [1.29, 1.82) is 0 Å². The third-order valence-electron chi connectivity index (χ3n) is 4.10. The lowest BCUT2D eigenvalue weighted by molar-refractivity contribution is -0.296. The molecule has 0 aromatic heterocycles. The van der Waals surface area contributed by atoms with Crippen LogP contribution in [-0.4, -0.2) is 57.7 Å². The van der Waals surface area contributed by atoms with Crippen LogP contribution >= 0.6 is 0 Å². The van der Waals surface area contributed by atoms with E-state index in [9.17, 15) is 15.3 Å². The standard InChI is InChI=1S/C17H20O6/c18-8-13-14(19)16(15(20)17(21)23-13)22-9-10-5-6-11-3-1-2-4-12(11)7-10/h1-7,13-21H,8-9H2/t13-,14-,15-,16+,17?/m1/s1. The number of fused-ring (bicyclic) bond motifs is 1. The number of ether oxygens (including phenoxy) is 2. The summed E-state index contributed by atoms with van der Waals surface area (Å²) in [5.74, 6) is 0. The van der Waals surface area contributed by atoms with E-state index >= 15 is 0 Å². The van der Waals surface area contributed by atoms with Crippen LogP contribution in [-0.2, 0) is 16.1 Å². The third-order valence-corrected chi connectivity index (χ3v) is 4.10. The van der Waals surface area contributed by atoms with Crippen LogP contribution in [0, 0.1) is 0 Å². The molecule has 6 heteroatoms. The Morgan fingerprint density at radius 1 is 0.957 bits per heavy atom. The van der Waals surface area contributed by atoms with Crippen LogP contribution in [0.15, 0.2) is 42.5 Å². The maximum absolute atomic E-state index is 10.1. The molecule has 2 aromatic rings. The van der Waals surface area contributed by atoms with Crippen molar-refractivity contribution in [1.82, 2.24) is 0 Å². The van der Waals surface area contributed by atoms with Gasteiger partial charge in [0, 0.05) is 0 Å². The smallest absolute Gasteiger partial charge is 0.184 e. The zero-order valence-electron chi connectivity index (χ0n) is 12.4. The highest BCUT2D eigenvalue weighted by molar-refractivity contribution is 5.82. The van der Waals surface area contributed by atoms with E-state index in [1.165, 1.54) is 0 Å². The maximum Gasteiger partial charge on any atom is 0.184 e. The summed E-state index contributed by atoms with van der Waals surface area (Å²) in [7, 11) is 0. The molecule has 6 nitrogen and oxygen atoms in total. The number of hydrogen-bond donors (Lipinski definition) is 4. The minimum Gasteiger partial charge on any atom is -0.394 e. The Hall–Kier alpha value is -1.54. The van der Waals surface area contributed by atoms with Gasteiger partial charge in [0.1, 0.15) is 24.4 Å². The zero-order chi connectivity index (χ0) is 16.4. The summed E-state index contributed by atoms with van der Waals surface area (Å²) in [6, 6.07) is 13.7. The number of benzene rings is 2. The monoisotopic (exact) mass is 320 g/mol. The quantitative estimate of drug-likeness (QED) is 0.640. The number of aliphatic hydroxyl groups excluding tert-OH is 4. The molecule has 0 radical (unpaired) electrons. The number of hydrogen-bond acceptors (Lipinski definition) is 6. The first kappa shape index (κ1) is 16.3. The van der Waals surface area contributed by atoms with E-state index in [1.54, 1.807) is 0 Å². The average molecular weight is 320 g/mol. The van der Waals surface area contributed by atoms with Gasteiger partial charge in [-0.1, -0.05) is 36.4 Å². The molecule has 2 aromatic carbocycles. The van der Waals surface area contributed by atoms with Gasteiger partial charge < -0.3 is 29.9 Å². The predicted molar refractivity (Wildman–Crippen MR) is 82.5 cm³/mol. The van der Waals surface area contributed by atoms with Gasteiger partial charge in [-0.25, -0.2) is 0 Å². The Morgan fingerprint density at radius 3 is 2.43 bits per heavy atom. The summed E-state index contributed by atoms with van der Waals surface area (Å²) >= 11 is 0. The normalized spacial score (nSPS) is 31.4. The molecule has 0 aliphatic carbocycles. The van der Waals surface area contributed by atoms with Crippen molar-refractivity contribution < 1.29 is 29.9 Å². The molecule has 0 spiro atoms. The maximum atomic E-state index is 10.1. The molecule has 1 unspecified atom stereocenters. The molecule has 1 saturated heterocycles. The first-order chi connectivity index (χ1) is 11.1. The van der Waals surface area contributed by atoms with Gasteiger partial charge in [0.05, 0.1) is 13.2 Å². The second kappa shape index (κ2) is 6.92. The lowest BCUT2D eigenvalue weighted by Gasteiger charge is -2.39. The summed E-state index contributed by atoms with van der Waals surface area (Å²) in [4.78, 5) is 0. The second-order valence-electron chi connectivity index (χ2n) is 5.69. The second-order valence-corrected chi connectivity index (χ2v) is 5.69. The first-order valence-electron chi connectivity index (χ1n) is 7.50. The van der Waals surface area contributed by atoms with Crippen molar-refractivity contribution in [2.45, 2.75) is 37.3 Å². The molecule has 5 atom stereocenters. The van der Waals surface area contributed by atoms with Gasteiger partial charge in [0.15, 0.2) is 6.29 Å². The summed E-state index contributed by atoms with van der Waals surface area (Å²) in [6.07, 6.45) is -6.14. The average Bonchev–Trinajstić information content (AvgIpc) is 2.58. The van der Waals surface area contributed by atoms with E-state index in [0.717, 1.165) is 16.3 Å². The van der Waals surface area contributed by atoms with Crippen LogP contribution in [0.1, 0.15) is 5.56 Å². The first-order valence-corrected chi connectivity index (χ1v) is 7.50. The highest BCUT2D eigenvalue weighted by Crippen LogP contribution is 2.24. The summed E-state index contributed by atoms with van der Waals surface area (Å²) < 4.78 is 10.5. The minimum absolute atomic E-state index is 0.161. The molecule has 0 amide bonds. The van der Waals surface area contributed by atoms with Gasteiger partial charge in [-0.05, 0) is 22.4 Å². The van der Waals surface area contributed by atoms with Gasteiger partial charge in [-0.2, -0.15) is 0 Å². The van der Waals surface area contributed by atoms with E-state index in [0.29, 0.717) is 0 Å². The molecule has 3 rings (SSSR count). The van der Waals surface area contributed by atoms with E-state index in [4.69, 9.17) is 14.6 Å². The lowest BCUT2D eigenvalue weighted by atomic mass is 9.99. The van der Waals surface area contributed by atoms with Crippen molar-refractivity contribution in [3.05, 3.63) is 48.0 Å². The fraction of sp³-hybridized carbons (Fsp3) is 0.412. The largest absolute Gasteiger partial charge is 0.394 e. The Bertz CT molecular complexity index is 660. The van der Waals surface area contributed by atoms with Gasteiger partial charge >= 0.3 is 0 Å². The van der Waals surface area contributed by atoms with Crippen molar-refractivity contribution in [2.24, 2.45) is 0 Å². The van der Waals surface area contributed by atoms with E-state index in [2.05, 4.69) is 0 Å².